The summed E-state index contributed by atoms with van der Waals surface area (Å²) in [6.45, 7) is 8.10. The van der Waals surface area contributed by atoms with Crippen molar-refractivity contribution in [1.82, 2.24) is 0 Å². The van der Waals surface area contributed by atoms with Crippen LogP contribution in [-0.4, -0.2) is 18.7 Å². The van der Waals surface area contributed by atoms with Gasteiger partial charge in [-0.25, -0.2) is 4.79 Å². The summed E-state index contributed by atoms with van der Waals surface area (Å²) in [5.74, 6) is 0. The second-order valence-electron chi connectivity index (χ2n) is 4.72. The van der Waals surface area contributed by atoms with Crippen LogP contribution in [0.2, 0.25) is 0 Å². The number of hydrogen-bond donors (Lipinski definition) is 0. The lowest BCUT2D eigenvalue weighted by Gasteiger charge is -2.33. The zero-order valence-electron chi connectivity index (χ0n) is 11.4. The number of anilines is 1. The van der Waals surface area contributed by atoms with Gasteiger partial charge in [0.05, 0.1) is 18.3 Å². The molecular formula is C16H19NO2. The van der Waals surface area contributed by atoms with Gasteiger partial charge in [0.15, 0.2) is 0 Å². The van der Waals surface area contributed by atoms with Crippen molar-refractivity contribution in [2.75, 3.05) is 11.5 Å². The molecule has 0 radical (unpaired) electrons. The zero-order valence-corrected chi connectivity index (χ0v) is 11.4. The highest BCUT2D eigenvalue weighted by Crippen LogP contribution is 2.31. The predicted molar refractivity (Wildman–Crippen MR) is 78.2 cm³/mol. The molecule has 0 N–H and O–H groups in total. The minimum atomic E-state index is -0.300. The third-order valence-electron chi connectivity index (χ3n) is 3.05. The Balaban J connectivity index is 2.37. The van der Waals surface area contributed by atoms with Crippen molar-refractivity contribution in [2.45, 2.75) is 26.3 Å². The summed E-state index contributed by atoms with van der Waals surface area (Å²) in [6.07, 6.45) is 4.53. The molecule has 19 heavy (non-hydrogen) atoms. The maximum atomic E-state index is 12.2. The van der Waals surface area contributed by atoms with Crippen molar-refractivity contribution >= 4 is 17.9 Å². The third kappa shape index (κ3) is 2.87. The molecule has 1 atom stereocenters. The Morgan fingerprint density at radius 3 is 2.84 bits per heavy atom. The number of nitrogens with zero attached hydrogens (tertiary/aromatic N) is 1. The van der Waals surface area contributed by atoms with Crippen LogP contribution in [0.5, 0.6) is 0 Å². The molecule has 0 spiro atoms. The summed E-state index contributed by atoms with van der Waals surface area (Å²) in [4.78, 5) is 13.9. The van der Waals surface area contributed by atoms with E-state index in [1.165, 1.54) is 0 Å². The number of fused-ring (bicyclic) bond motifs is 1. The van der Waals surface area contributed by atoms with Gasteiger partial charge in [0.25, 0.3) is 0 Å². The summed E-state index contributed by atoms with van der Waals surface area (Å²) in [7, 11) is 0. The van der Waals surface area contributed by atoms with Crippen molar-refractivity contribution < 1.29 is 9.53 Å². The first-order valence-electron chi connectivity index (χ1n) is 6.51. The first-order chi connectivity index (χ1) is 9.13. The summed E-state index contributed by atoms with van der Waals surface area (Å²) in [5, 5.41) is 0. The Bertz CT molecular complexity index is 519. The standard InChI is InChI=1S/C16H19NO2/c1-4-19-16(18)17-14(11-12(2)3)10-9-13-7-5-6-8-15(13)17/h5-10,14H,2,4,11H2,1,3H3. The van der Waals surface area contributed by atoms with Crippen molar-refractivity contribution in [3.05, 3.63) is 48.1 Å². The summed E-state index contributed by atoms with van der Waals surface area (Å²) >= 11 is 0. The fraction of sp³-hybridized carbons (Fsp3) is 0.312. The number of hydrogen-bond acceptors (Lipinski definition) is 2. The van der Waals surface area contributed by atoms with Crippen LogP contribution in [0, 0.1) is 0 Å². The van der Waals surface area contributed by atoms with Crippen molar-refractivity contribution in [3.8, 4) is 0 Å². The third-order valence-corrected chi connectivity index (χ3v) is 3.05. The Kier molecular flexibility index (Phi) is 4.05. The molecule has 3 nitrogen and oxygen atoms in total. The highest BCUT2D eigenvalue weighted by atomic mass is 16.6. The quantitative estimate of drug-likeness (QED) is 0.766. The molecule has 0 saturated carbocycles. The number of para-hydroxylation sites is 1. The molecule has 1 aromatic rings. The molecule has 1 unspecified atom stereocenters. The monoisotopic (exact) mass is 257 g/mol. The molecule has 1 aliphatic heterocycles. The molecular weight excluding hydrogens is 238 g/mol. The van der Waals surface area contributed by atoms with Gasteiger partial charge in [0.1, 0.15) is 0 Å². The molecule has 0 aliphatic carbocycles. The van der Waals surface area contributed by atoms with Crippen LogP contribution in [0.3, 0.4) is 0 Å². The molecule has 1 aliphatic rings. The van der Waals surface area contributed by atoms with E-state index in [4.69, 9.17) is 4.74 Å². The summed E-state index contributed by atoms with van der Waals surface area (Å²) in [5.41, 5.74) is 2.98. The topological polar surface area (TPSA) is 29.5 Å². The molecule has 1 amide bonds. The van der Waals surface area contributed by atoms with Crippen molar-refractivity contribution in [1.29, 1.82) is 0 Å². The molecule has 0 fully saturated rings. The van der Waals surface area contributed by atoms with Crippen LogP contribution >= 0.6 is 0 Å². The Hall–Kier alpha value is -2.03. The molecule has 1 heterocycles. The summed E-state index contributed by atoms with van der Waals surface area (Å²) in [6, 6.07) is 7.82. The number of carbonyl (C=O) groups excluding carboxylic acids is 1. The van der Waals surface area contributed by atoms with Crippen LogP contribution in [0.1, 0.15) is 25.8 Å². The maximum absolute atomic E-state index is 12.2. The smallest absolute Gasteiger partial charge is 0.414 e. The van der Waals surface area contributed by atoms with E-state index >= 15 is 0 Å². The summed E-state index contributed by atoms with van der Waals surface area (Å²) < 4.78 is 5.17. The molecule has 2 rings (SSSR count). The van der Waals surface area contributed by atoms with E-state index in [1.54, 1.807) is 4.90 Å². The fourth-order valence-corrected chi connectivity index (χ4v) is 2.27. The first kappa shape index (κ1) is 13.4. The van der Waals surface area contributed by atoms with Gasteiger partial charge in [0.2, 0.25) is 0 Å². The van der Waals surface area contributed by atoms with Crippen LogP contribution in [0.15, 0.2) is 42.5 Å². The van der Waals surface area contributed by atoms with Crippen molar-refractivity contribution in [3.63, 3.8) is 0 Å². The number of amides is 1. The maximum Gasteiger partial charge on any atom is 0.414 e. The van der Waals surface area contributed by atoms with Crippen LogP contribution in [0.25, 0.3) is 6.08 Å². The lowest BCUT2D eigenvalue weighted by molar-refractivity contribution is 0.158. The molecule has 1 aromatic carbocycles. The van der Waals surface area contributed by atoms with Gasteiger partial charge in [-0.2, -0.15) is 0 Å². The molecule has 0 bridgehead atoms. The minimum absolute atomic E-state index is 0.0218. The Morgan fingerprint density at radius 1 is 1.42 bits per heavy atom. The highest BCUT2D eigenvalue weighted by Gasteiger charge is 2.28. The lowest BCUT2D eigenvalue weighted by Crippen LogP contribution is -2.41. The predicted octanol–water partition coefficient (Wildman–Crippen LogP) is 4.01. The fourth-order valence-electron chi connectivity index (χ4n) is 2.27. The van der Waals surface area contributed by atoms with Gasteiger partial charge < -0.3 is 4.74 Å². The van der Waals surface area contributed by atoms with E-state index in [0.717, 1.165) is 23.2 Å². The van der Waals surface area contributed by atoms with Gasteiger partial charge in [-0.3, -0.25) is 4.90 Å². The van der Waals surface area contributed by atoms with Crippen LogP contribution < -0.4 is 4.90 Å². The highest BCUT2D eigenvalue weighted by molar-refractivity contribution is 5.93. The largest absolute Gasteiger partial charge is 0.449 e. The second-order valence-corrected chi connectivity index (χ2v) is 4.72. The molecule has 0 saturated heterocycles. The van der Waals surface area contributed by atoms with E-state index in [2.05, 4.69) is 12.7 Å². The average molecular weight is 257 g/mol. The number of benzene rings is 1. The van der Waals surface area contributed by atoms with E-state index in [9.17, 15) is 4.79 Å². The van der Waals surface area contributed by atoms with Gasteiger partial charge in [-0.05, 0) is 31.9 Å². The number of rotatable bonds is 3. The Labute approximate surface area is 114 Å². The average Bonchev–Trinajstić information content (AvgIpc) is 2.38. The van der Waals surface area contributed by atoms with Gasteiger partial charge in [-0.1, -0.05) is 35.9 Å². The minimum Gasteiger partial charge on any atom is -0.449 e. The first-order valence-corrected chi connectivity index (χ1v) is 6.51. The van der Waals surface area contributed by atoms with E-state index < -0.39 is 0 Å². The Morgan fingerprint density at radius 2 is 2.16 bits per heavy atom. The lowest BCUT2D eigenvalue weighted by atomic mass is 9.99. The normalized spacial score (nSPS) is 16.9. The van der Waals surface area contributed by atoms with E-state index in [1.807, 2.05) is 44.2 Å². The SMILES string of the molecule is C=C(C)CC1C=Cc2ccccc2N1C(=O)OCC. The van der Waals surface area contributed by atoms with Crippen molar-refractivity contribution in [2.24, 2.45) is 0 Å². The van der Waals surface area contributed by atoms with Gasteiger partial charge in [0, 0.05) is 0 Å². The number of carbonyl (C=O) groups is 1. The van der Waals surface area contributed by atoms with E-state index in [0.29, 0.717) is 6.61 Å². The van der Waals surface area contributed by atoms with Gasteiger partial charge >= 0.3 is 6.09 Å². The number of ether oxygens (including phenoxy) is 1. The molecule has 100 valence electrons. The zero-order chi connectivity index (χ0) is 13.8. The van der Waals surface area contributed by atoms with Crippen LogP contribution in [0.4, 0.5) is 10.5 Å². The van der Waals surface area contributed by atoms with E-state index in [-0.39, 0.29) is 12.1 Å². The van der Waals surface area contributed by atoms with Crippen LogP contribution in [-0.2, 0) is 4.74 Å². The second kappa shape index (κ2) is 5.74. The molecule has 0 aromatic heterocycles. The van der Waals surface area contributed by atoms with Gasteiger partial charge in [-0.15, -0.1) is 6.58 Å². The molecule has 3 heteroatoms.